The molecule has 26 heavy (non-hydrogen) atoms. The second-order valence-electron chi connectivity index (χ2n) is 5.77. The lowest BCUT2D eigenvalue weighted by Gasteiger charge is -2.06. The average Bonchev–Trinajstić information content (AvgIpc) is 3.18. The molecule has 126 valence electrons. The molecule has 5 heteroatoms. The van der Waals surface area contributed by atoms with Crippen molar-refractivity contribution >= 4 is 21.7 Å². The van der Waals surface area contributed by atoms with Gasteiger partial charge in [-0.15, -0.1) is 5.10 Å². The number of rotatable bonds is 4. The van der Waals surface area contributed by atoms with Gasteiger partial charge in [0.2, 0.25) is 0 Å². The van der Waals surface area contributed by atoms with Crippen molar-refractivity contribution in [2.75, 3.05) is 0 Å². The Morgan fingerprint density at radius 3 is 2.46 bits per heavy atom. The number of hydrogen-bond donors (Lipinski definition) is 0. The molecule has 0 fully saturated rings. The first-order valence-electron chi connectivity index (χ1n) is 8.10. The first-order chi connectivity index (χ1) is 12.7. The van der Waals surface area contributed by atoms with Gasteiger partial charge in [0, 0.05) is 21.2 Å². The Bertz CT molecular complexity index is 1070. The van der Waals surface area contributed by atoms with Crippen molar-refractivity contribution in [3.8, 4) is 16.9 Å². The van der Waals surface area contributed by atoms with Crippen molar-refractivity contribution in [1.82, 2.24) is 15.0 Å². The molecule has 0 N–H and O–H groups in total. The van der Waals surface area contributed by atoms with Crippen molar-refractivity contribution < 1.29 is 4.79 Å². The highest BCUT2D eigenvalue weighted by molar-refractivity contribution is 9.10. The Kier molecular flexibility index (Phi) is 4.46. The third kappa shape index (κ3) is 3.21. The molecule has 1 heterocycles. The molecule has 4 nitrogen and oxygen atoms in total. The number of hydrogen-bond acceptors (Lipinski definition) is 3. The molecule has 4 rings (SSSR count). The monoisotopic (exact) mass is 403 g/mol. The van der Waals surface area contributed by atoms with Gasteiger partial charge in [0.05, 0.1) is 11.9 Å². The largest absolute Gasteiger partial charge is 0.289 e. The number of carbonyl (C=O) groups is 1. The Morgan fingerprint density at radius 2 is 1.65 bits per heavy atom. The minimum absolute atomic E-state index is 0.0294. The van der Waals surface area contributed by atoms with Crippen LogP contribution >= 0.6 is 15.9 Å². The fourth-order valence-corrected chi connectivity index (χ4v) is 3.17. The average molecular weight is 404 g/mol. The second kappa shape index (κ2) is 7.06. The van der Waals surface area contributed by atoms with Gasteiger partial charge in [-0.05, 0) is 18.2 Å². The van der Waals surface area contributed by atoms with E-state index in [9.17, 15) is 4.79 Å². The van der Waals surface area contributed by atoms with E-state index in [-0.39, 0.29) is 5.78 Å². The number of halogens is 1. The third-order valence-corrected chi connectivity index (χ3v) is 4.54. The van der Waals surface area contributed by atoms with Gasteiger partial charge in [-0.25, -0.2) is 4.68 Å². The molecule has 0 aliphatic heterocycles. The highest BCUT2D eigenvalue weighted by atomic mass is 79.9. The van der Waals surface area contributed by atoms with Crippen LogP contribution in [0.4, 0.5) is 0 Å². The van der Waals surface area contributed by atoms with Crippen molar-refractivity contribution in [1.29, 1.82) is 0 Å². The Balaban J connectivity index is 1.75. The Hall–Kier alpha value is -3.05. The molecule has 0 saturated carbocycles. The van der Waals surface area contributed by atoms with Gasteiger partial charge in [-0.2, -0.15) is 0 Å². The van der Waals surface area contributed by atoms with Crippen LogP contribution in [0.3, 0.4) is 0 Å². The Morgan fingerprint density at radius 1 is 0.885 bits per heavy atom. The minimum atomic E-state index is -0.0294. The van der Waals surface area contributed by atoms with Crippen LogP contribution in [0.1, 0.15) is 15.9 Å². The number of nitrogens with zero attached hydrogens (tertiary/aromatic N) is 3. The zero-order valence-electron chi connectivity index (χ0n) is 13.7. The third-order valence-electron chi connectivity index (χ3n) is 4.05. The van der Waals surface area contributed by atoms with E-state index in [1.807, 2.05) is 85.1 Å². The highest BCUT2D eigenvalue weighted by Gasteiger charge is 2.16. The molecule has 0 spiro atoms. The smallest absolute Gasteiger partial charge is 0.193 e. The molecule has 3 aromatic carbocycles. The van der Waals surface area contributed by atoms with Crippen LogP contribution < -0.4 is 0 Å². The minimum Gasteiger partial charge on any atom is -0.289 e. The predicted molar refractivity (Wildman–Crippen MR) is 104 cm³/mol. The summed E-state index contributed by atoms with van der Waals surface area (Å²) < 4.78 is 2.66. The zero-order chi connectivity index (χ0) is 17.9. The fourth-order valence-electron chi connectivity index (χ4n) is 2.78. The first kappa shape index (κ1) is 16.4. The van der Waals surface area contributed by atoms with Crippen LogP contribution in [0.25, 0.3) is 16.9 Å². The highest BCUT2D eigenvalue weighted by Crippen LogP contribution is 2.25. The maximum Gasteiger partial charge on any atom is 0.193 e. The van der Waals surface area contributed by atoms with Crippen molar-refractivity contribution in [2.45, 2.75) is 0 Å². The van der Waals surface area contributed by atoms with Crippen molar-refractivity contribution in [3.05, 3.63) is 101 Å². The molecule has 0 aliphatic carbocycles. The summed E-state index contributed by atoms with van der Waals surface area (Å²) in [4.78, 5) is 12.9. The van der Waals surface area contributed by atoms with E-state index in [1.165, 1.54) is 0 Å². The predicted octanol–water partition coefficient (Wildman–Crippen LogP) is 4.93. The summed E-state index contributed by atoms with van der Waals surface area (Å²) in [6.45, 7) is 0. The van der Waals surface area contributed by atoms with Crippen LogP contribution in [-0.2, 0) is 0 Å². The molecule has 0 radical (unpaired) electrons. The normalized spacial score (nSPS) is 10.7. The molecular formula is C21H14BrN3O. The van der Waals surface area contributed by atoms with Gasteiger partial charge in [0.1, 0.15) is 5.69 Å². The van der Waals surface area contributed by atoms with Crippen molar-refractivity contribution in [3.63, 3.8) is 0 Å². The summed E-state index contributed by atoms with van der Waals surface area (Å²) in [5.74, 6) is -0.0294. The second-order valence-corrected chi connectivity index (χ2v) is 6.68. The summed E-state index contributed by atoms with van der Waals surface area (Å²) in [6, 6.07) is 24.5. The number of carbonyl (C=O) groups excluding carboxylic acids is 1. The van der Waals surface area contributed by atoms with E-state index < -0.39 is 0 Å². The SMILES string of the molecule is O=C(c1ccccc1)c1ccccc1-c1cn(-c2cccc(Br)c2)nn1. The van der Waals surface area contributed by atoms with Gasteiger partial charge < -0.3 is 0 Å². The van der Waals surface area contributed by atoms with Crippen molar-refractivity contribution in [2.24, 2.45) is 0 Å². The lowest BCUT2D eigenvalue weighted by atomic mass is 9.97. The summed E-state index contributed by atoms with van der Waals surface area (Å²) in [5, 5.41) is 8.49. The van der Waals surface area contributed by atoms with E-state index in [1.54, 1.807) is 4.68 Å². The lowest BCUT2D eigenvalue weighted by molar-refractivity contribution is 0.103. The molecule has 0 amide bonds. The zero-order valence-corrected chi connectivity index (χ0v) is 15.3. The summed E-state index contributed by atoms with van der Waals surface area (Å²) in [5.41, 5.74) is 3.58. The van der Waals surface area contributed by atoms with E-state index in [2.05, 4.69) is 26.2 Å². The van der Waals surface area contributed by atoms with E-state index in [0.717, 1.165) is 15.7 Å². The molecule has 0 unspecified atom stereocenters. The topological polar surface area (TPSA) is 47.8 Å². The van der Waals surface area contributed by atoms with Gasteiger partial charge in [0.25, 0.3) is 0 Å². The summed E-state index contributed by atoms with van der Waals surface area (Å²) in [7, 11) is 0. The quantitative estimate of drug-likeness (QED) is 0.454. The van der Waals surface area contributed by atoms with E-state index in [4.69, 9.17) is 0 Å². The van der Waals surface area contributed by atoms with Crippen LogP contribution in [0.2, 0.25) is 0 Å². The number of benzene rings is 3. The Labute approximate surface area is 159 Å². The van der Waals surface area contributed by atoms with E-state index in [0.29, 0.717) is 16.8 Å². The summed E-state index contributed by atoms with van der Waals surface area (Å²) in [6.07, 6.45) is 1.83. The standard InChI is InChI=1S/C21H14BrN3O/c22-16-9-6-10-17(13-16)25-14-20(23-24-25)18-11-4-5-12-19(18)21(26)15-7-2-1-3-8-15/h1-14H. The van der Waals surface area contributed by atoms with Gasteiger partial charge in [-0.1, -0.05) is 81.8 Å². The molecule has 0 bridgehead atoms. The molecular weight excluding hydrogens is 390 g/mol. The number of ketones is 1. The first-order valence-corrected chi connectivity index (χ1v) is 8.89. The molecule has 0 saturated heterocycles. The van der Waals surface area contributed by atoms with Crippen LogP contribution in [0.5, 0.6) is 0 Å². The van der Waals surface area contributed by atoms with Crippen LogP contribution in [0.15, 0.2) is 89.5 Å². The molecule has 0 aliphatic rings. The summed E-state index contributed by atoms with van der Waals surface area (Å²) >= 11 is 3.46. The lowest BCUT2D eigenvalue weighted by Crippen LogP contribution is -2.03. The van der Waals surface area contributed by atoms with E-state index >= 15 is 0 Å². The van der Waals surface area contributed by atoms with Gasteiger partial charge >= 0.3 is 0 Å². The molecule has 0 atom stereocenters. The fraction of sp³-hybridized carbons (Fsp3) is 0. The maximum absolute atomic E-state index is 12.9. The maximum atomic E-state index is 12.9. The van der Waals surface area contributed by atoms with Crippen LogP contribution in [0, 0.1) is 0 Å². The van der Waals surface area contributed by atoms with Crippen LogP contribution in [-0.4, -0.2) is 20.8 Å². The molecule has 4 aromatic rings. The number of aromatic nitrogens is 3. The van der Waals surface area contributed by atoms with Gasteiger partial charge in [0.15, 0.2) is 5.78 Å². The molecule has 1 aromatic heterocycles. The van der Waals surface area contributed by atoms with Gasteiger partial charge in [-0.3, -0.25) is 4.79 Å².